The summed E-state index contributed by atoms with van der Waals surface area (Å²) in [5.74, 6) is 0.215. The molecule has 0 aliphatic carbocycles. The maximum Gasteiger partial charge on any atom is 0.272 e. The predicted molar refractivity (Wildman–Crippen MR) is 82.1 cm³/mol. The lowest BCUT2D eigenvalue weighted by Gasteiger charge is -2.09. The number of halogens is 3. The van der Waals surface area contributed by atoms with Crippen LogP contribution in [0.5, 0.6) is 5.88 Å². The molecular weight excluding hydrogens is 326 g/mol. The Labute approximate surface area is 135 Å². The standard InChI is InChI=1S/C15H13ClF2N4O/c1-9-4-10(5-20-15(9)23-8-13(17)18)6-22-7-11-12(21-22)2-3-19-14(11)16/h2-5,7,13H,6,8H2,1H3. The number of hydrogen-bond donors (Lipinski definition) is 0. The summed E-state index contributed by atoms with van der Waals surface area (Å²) >= 11 is 6.03. The van der Waals surface area contributed by atoms with Crippen molar-refractivity contribution in [2.75, 3.05) is 6.61 Å². The summed E-state index contributed by atoms with van der Waals surface area (Å²) in [5, 5.41) is 5.59. The highest BCUT2D eigenvalue weighted by atomic mass is 35.5. The van der Waals surface area contributed by atoms with Crippen LogP contribution in [0.1, 0.15) is 11.1 Å². The minimum Gasteiger partial charge on any atom is -0.471 e. The Hall–Kier alpha value is -2.28. The van der Waals surface area contributed by atoms with E-state index in [4.69, 9.17) is 16.3 Å². The van der Waals surface area contributed by atoms with Gasteiger partial charge >= 0.3 is 0 Å². The van der Waals surface area contributed by atoms with Gasteiger partial charge in [0.25, 0.3) is 6.43 Å². The van der Waals surface area contributed by atoms with Crippen molar-refractivity contribution in [3.8, 4) is 5.88 Å². The molecule has 0 fully saturated rings. The monoisotopic (exact) mass is 338 g/mol. The molecule has 0 saturated heterocycles. The second-order valence-electron chi connectivity index (χ2n) is 5.03. The van der Waals surface area contributed by atoms with Crippen LogP contribution < -0.4 is 4.74 Å². The third kappa shape index (κ3) is 3.56. The average molecular weight is 339 g/mol. The number of aromatic nitrogens is 4. The van der Waals surface area contributed by atoms with Crippen LogP contribution in [-0.2, 0) is 6.54 Å². The predicted octanol–water partition coefficient (Wildman–Crippen LogP) is 3.48. The molecule has 5 nitrogen and oxygen atoms in total. The van der Waals surface area contributed by atoms with E-state index in [0.717, 1.165) is 16.5 Å². The van der Waals surface area contributed by atoms with E-state index in [-0.39, 0.29) is 5.88 Å². The first-order chi connectivity index (χ1) is 11.0. The Morgan fingerprint density at radius 3 is 2.87 bits per heavy atom. The highest BCUT2D eigenvalue weighted by Crippen LogP contribution is 2.21. The van der Waals surface area contributed by atoms with Crippen LogP contribution in [-0.4, -0.2) is 32.8 Å². The van der Waals surface area contributed by atoms with Gasteiger partial charge in [-0.15, -0.1) is 0 Å². The quantitative estimate of drug-likeness (QED) is 0.668. The summed E-state index contributed by atoms with van der Waals surface area (Å²) in [4.78, 5) is 8.09. The van der Waals surface area contributed by atoms with Gasteiger partial charge in [0.1, 0.15) is 5.15 Å². The van der Waals surface area contributed by atoms with Gasteiger partial charge in [0.15, 0.2) is 6.61 Å². The van der Waals surface area contributed by atoms with Gasteiger partial charge in [0.2, 0.25) is 5.88 Å². The Morgan fingerprint density at radius 2 is 2.17 bits per heavy atom. The number of alkyl halides is 2. The molecule has 0 radical (unpaired) electrons. The van der Waals surface area contributed by atoms with Crippen molar-refractivity contribution in [2.45, 2.75) is 19.9 Å². The van der Waals surface area contributed by atoms with Gasteiger partial charge in [0.05, 0.1) is 17.4 Å². The number of ether oxygens (including phenoxy) is 1. The number of pyridine rings is 2. The Bertz CT molecular complexity index is 837. The highest BCUT2D eigenvalue weighted by molar-refractivity contribution is 6.34. The number of rotatable bonds is 5. The van der Waals surface area contributed by atoms with Gasteiger partial charge in [-0.05, 0) is 24.6 Å². The molecule has 0 amide bonds. The largest absolute Gasteiger partial charge is 0.471 e. The lowest BCUT2D eigenvalue weighted by molar-refractivity contribution is 0.0792. The number of fused-ring (bicyclic) bond motifs is 1. The van der Waals surface area contributed by atoms with Crippen molar-refractivity contribution in [1.82, 2.24) is 19.7 Å². The molecule has 0 aliphatic heterocycles. The first-order valence-electron chi connectivity index (χ1n) is 6.87. The summed E-state index contributed by atoms with van der Waals surface area (Å²) < 4.78 is 31.0. The fourth-order valence-corrected chi connectivity index (χ4v) is 2.43. The zero-order valence-corrected chi connectivity index (χ0v) is 13.0. The second kappa shape index (κ2) is 6.45. The third-order valence-electron chi connectivity index (χ3n) is 3.21. The molecule has 3 heterocycles. The summed E-state index contributed by atoms with van der Waals surface area (Å²) in [6.07, 6.45) is 2.47. The van der Waals surface area contributed by atoms with E-state index in [1.807, 2.05) is 6.07 Å². The lowest BCUT2D eigenvalue weighted by atomic mass is 10.2. The van der Waals surface area contributed by atoms with Crippen LogP contribution in [0.15, 0.2) is 30.7 Å². The molecule has 0 atom stereocenters. The Morgan fingerprint density at radius 1 is 1.35 bits per heavy atom. The molecular formula is C15H13ClF2N4O. The van der Waals surface area contributed by atoms with Crippen LogP contribution in [0.2, 0.25) is 5.15 Å². The molecule has 0 N–H and O–H groups in total. The second-order valence-corrected chi connectivity index (χ2v) is 5.39. The molecule has 0 unspecified atom stereocenters. The van der Waals surface area contributed by atoms with Crippen LogP contribution in [0.3, 0.4) is 0 Å². The molecule has 0 bridgehead atoms. The van der Waals surface area contributed by atoms with Gasteiger partial charge in [0, 0.05) is 24.2 Å². The fraction of sp³-hybridized carbons (Fsp3) is 0.267. The number of hydrogen-bond acceptors (Lipinski definition) is 4. The molecule has 3 rings (SSSR count). The van der Waals surface area contributed by atoms with Gasteiger partial charge in [-0.3, -0.25) is 4.68 Å². The topological polar surface area (TPSA) is 52.8 Å². The van der Waals surface area contributed by atoms with Crippen molar-refractivity contribution in [3.05, 3.63) is 47.0 Å². The van der Waals surface area contributed by atoms with Crippen molar-refractivity contribution in [2.24, 2.45) is 0 Å². The summed E-state index contributed by atoms with van der Waals surface area (Å²) in [5.41, 5.74) is 2.33. The van der Waals surface area contributed by atoms with E-state index in [1.165, 1.54) is 0 Å². The first-order valence-corrected chi connectivity index (χ1v) is 7.25. The first kappa shape index (κ1) is 15.6. The van der Waals surface area contributed by atoms with E-state index < -0.39 is 13.0 Å². The van der Waals surface area contributed by atoms with Crippen molar-refractivity contribution in [1.29, 1.82) is 0 Å². The summed E-state index contributed by atoms with van der Waals surface area (Å²) in [7, 11) is 0. The molecule has 0 aliphatic rings. The molecule has 3 aromatic heterocycles. The van der Waals surface area contributed by atoms with E-state index in [1.54, 1.807) is 36.3 Å². The summed E-state index contributed by atoms with van der Waals surface area (Å²) in [6.45, 7) is 1.58. The van der Waals surface area contributed by atoms with Crippen LogP contribution in [0.25, 0.3) is 10.9 Å². The van der Waals surface area contributed by atoms with Crippen molar-refractivity contribution >= 4 is 22.5 Å². The molecule has 0 aromatic carbocycles. The SMILES string of the molecule is Cc1cc(Cn2cc3c(Cl)nccc3n2)cnc1OCC(F)F. The van der Waals surface area contributed by atoms with Crippen molar-refractivity contribution in [3.63, 3.8) is 0 Å². The number of aryl methyl sites for hydroxylation is 1. The maximum absolute atomic E-state index is 12.2. The fourth-order valence-electron chi connectivity index (χ4n) is 2.23. The molecule has 23 heavy (non-hydrogen) atoms. The van der Waals surface area contributed by atoms with Crippen molar-refractivity contribution < 1.29 is 13.5 Å². The van der Waals surface area contributed by atoms with Crippen LogP contribution in [0.4, 0.5) is 8.78 Å². The molecule has 3 aromatic rings. The molecule has 120 valence electrons. The smallest absolute Gasteiger partial charge is 0.272 e. The minimum atomic E-state index is -2.52. The maximum atomic E-state index is 12.2. The van der Waals surface area contributed by atoms with E-state index >= 15 is 0 Å². The zero-order valence-electron chi connectivity index (χ0n) is 12.2. The van der Waals surface area contributed by atoms with Gasteiger partial charge in [-0.25, -0.2) is 18.7 Å². The van der Waals surface area contributed by atoms with E-state index in [9.17, 15) is 8.78 Å². The highest BCUT2D eigenvalue weighted by Gasteiger charge is 2.09. The summed E-state index contributed by atoms with van der Waals surface area (Å²) in [6, 6.07) is 3.61. The zero-order chi connectivity index (χ0) is 16.4. The van der Waals surface area contributed by atoms with Gasteiger partial charge in [-0.2, -0.15) is 5.10 Å². The lowest BCUT2D eigenvalue weighted by Crippen LogP contribution is -2.09. The van der Waals surface area contributed by atoms with Gasteiger partial charge in [-0.1, -0.05) is 11.6 Å². The Balaban J connectivity index is 1.79. The van der Waals surface area contributed by atoms with Crippen LogP contribution in [0, 0.1) is 6.92 Å². The average Bonchev–Trinajstić information content (AvgIpc) is 2.90. The van der Waals surface area contributed by atoms with Gasteiger partial charge < -0.3 is 4.74 Å². The third-order valence-corrected chi connectivity index (χ3v) is 3.51. The molecule has 0 spiro atoms. The molecule has 8 heteroatoms. The minimum absolute atomic E-state index is 0.215. The number of nitrogens with zero attached hydrogens (tertiary/aromatic N) is 4. The molecule has 0 saturated carbocycles. The van der Waals surface area contributed by atoms with Crippen LogP contribution >= 0.6 is 11.6 Å². The normalized spacial score (nSPS) is 11.3. The van der Waals surface area contributed by atoms with E-state index in [0.29, 0.717) is 17.3 Å². The Kier molecular flexibility index (Phi) is 4.38. The van der Waals surface area contributed by atoms with E-state index in [2.05, 4.69) is 15.1 Å².